The number of aliphatic carboxylic acids is 1. The number of carboxylic acids is 1. The molecule has 1 amide bonds. The maximum absolute atomic E-state index is 14.5. The number of rotatable bonds is 17. The SMILES string of the molecule is CN(C)CCCNC(=O)C(CC(=O)O)SC(CF)C(F)(F)C(F)(F)C(F)(F)C(F)(F)C(F)(F)C(F)(F)C(F)(F)C(F)(F)F. The minimum atomic E-state index is -8.85. The van der Waals surface area contributed by atoms with Crippen LogP contribution in [-0.4, -0.2) is 114 Å². The van der Waals surface area contributed by atoms with Crippen LogP contribution in [-0.2, 0) is 9.59 Å². The number of alkyl halides is 18. The number of amides is 1. The van der Waals surface area contributed by atoms with Gasteiger partial charge in [-0.25, -0.2) is 4.39 Å². The highest BCUT2D eigenvalue weighted by Crippen LogP contribution is 2.64. The van der Waals surface area contributed by atoms with Gasteiger partial charge in [-0.3, -0.25) is 9.59 Å². The number of nitrogens with one attached hydrogen (secondary N) is 1. The fourth-order valence-electron chi connectivity index (χ4n) is 2.88. The van der Waals surface area contributed by atoms with Crippen molar-refractivity contribution >= 4 is 23.6 Å². The molecule has 24 heteroatoms. The Balaban J connectivity index is 6.64. The molecule has 0 spiro atoms. The molecule has 0 aromatic carbocycles. The first-order valence-electron chi connectivity index (χ1n) is 10.9. The summed E-state index contributed by atoms with van der Waals surface area (Å²) in [6.45, 7) is -3.23. The summed E-state index contributed by atoms with van der Waals surface area (Å²) in [6, 6.07) is 0. The molecule has 0 aliphatic heterocycles. The van der Waals surface area contributed by atoms with Gasteiger partial charge in [0.2, 0.25) is 5.91 Å². The second kappa shape index (κ2) is 13.2. The van der Waals surface area contributed by atoms with Gasteiger partial charge in [0.05, 0.1) is 11.7 Å². The number of hydrogen-bond acceptors (Lipinski definition) is 4. The average Bonchev–Trinajstić information content (AvgIpc) is 2.82. The topological polar surface area (TPSA) is 69.6 Å². The first-order chi connectivity index (χ1) is 18.8. The monoisotopic (exact) mass is 698 g/mol. The zero-order chi connectivity index (χ0) is 34.8. The lowest BCUT2D eigenvalue weighted by Gasteiger charge is -2.43. The minimum Gasteiger partial charge on any atom is -0.481 e. The van der Waals surface area contributed by atoms with Crippen LogP contribution in [0.15, 0.2) is 0 Å². The smallest absolute Gasteiger partial charge is 0.460 e. The van der Waals surface area contributed by atoms with Crippen molar-refractivity contribution in [3.63, 3.8) is 0 Å². The van der Waals surface area contributed by atoms with Crippen LogP contribution < -0.4 is 5.32 Å². The zero-order valence-electron chi connectivity index (χ0n) is 21.1. The van der Waals surface area contributed by atoms with Crippen molar-refractivity contribution in [3.05, 3.63) is 0 Å². The normalized spacial score (nSPS) is 16.3. The van der Waals surface area contributed by atoms with Gasteiger partial charge in [-0.2, -0.15) is 74.6 Å². The third-order valence-electron chi connectivity index (χ3n) is 5.35. The van der Waals surface area contributed by atoms with Gasteiger partial charge in [0.1, 0.15) is 11.9 Å². The van der Waals surface area contributed by atoms with Gasteiger partial charge in [-0.05, 0) is 27.1 Å². The highest BCUT2D eigenvalue weighted by Gasteiger charge is 2.95. The Kier molecular flexibility index (Phi) is 12.5. The van der Waals surface area contributed by atoms with Crippen LogP contribution in [0.25, 0.3) is 0 Å². The lowest BCUT2D eigenvalue weighted by atomic mass is 9.88. The summed E-state index contributed by atoms with van der Waals surface area (Å²) in [6.07, 6.45) is -9.51. The van der Waals surface area contributed by atoms with E-state index < -0.39 is 101 Å². The van der Waals surface area contributed by atoms with Gasteiger partial charge >= 0.3 is 53.6 Å². The quantitative estimate of drug-likeness (QED) is 0.145. The molecule has 2 N–H and O–H groups in total. The Morgan fingerprint density at radius 2 is 1.12 bits per heavy atom. The Morgan fingerprint density at radius 1 is 0.721 bits per heavy atom. The van der Waals surface area contributed by atoms with E-state index in [2.05, 4.69) is 0 Å². The number of halogens is 18. The molecule has 0 radical (unpaired) electrons. The standard InChI is InChI=1S/C19H20F18N2O3S/c1-39(2)5-3-4-38-11(42)8(6-10(40)41)43-9(7-20)12(21,22)13(23,24)14(25,26)15(27,28)16(29,30)17(31,32)18(33,34)19(35,36)37/h8-9H,3-7H2,1-2H3,(H,38,42)(H,40,41). The lowest BCUT2D eigenvalue weighted by molar-refractivity contribution is -0.461. The Bertz CT molecular complexity index is 973. The second-order valence-electron chi connectivity index (χ2n) is 8.88. The summed E-state index contributed by atoms with van der Waals surface area (Å²) in [5.41, 5.74) is 0. The minimum absolute atomic E-state index is 0.0531. The van der Waals surface area contributed by atoms with Crippen LogP contribution in [0.3, 0.4) is 0 Å². The van der Waals surface area contributed by atoms with E-state index in [1.807, 2.05) is 5.32 Å². The highest BCUT2D eigenvalue weighted by molar-refractivity contribution is 8.01. The molecule has 256 valence electrons. The summed E-state index contributed by atoms with van der Waals surface area (Å²) in [5.74, 6) is -62.4. The van der Waals surface area contributed by atoms with Crippen molar-refractivity contribution in [3.8, 4) is 0 Å². The molecular weight excluding hydrogens is 678 g/mol. The van der Waals surface area contributed by atoms with Gasteiger partial charge in [0.25, 0.3) is 0 Å². The predicted molar refractivity (Wildman–Crippen MR) is 110 cm³/mol. The molecule has 0 aliphatic carbocycles. The number of hydrogen-bond donors (Lipinski definition) is 2. The van der Waals surface area contributed by atoms with Crippen molar-refractivity contribution in [2.24, 2.45) is 0 Å². The van der Waals surface area contributed by atoms with E-state index in [-0.39, 0.29) is 13.0 Å². The molecule has 0 saturated heterocycles. The average molecular weight is 698 g/mol. The van der Waals surface area contributed by atoms with Crippen LogP contribution in [0.4, 0.5) is 79.0 Å². The summed E-state index contributed by atoms with van der Waals surface area (Å²) in [5, 5.41) is 3.83. The fourth-order valence-corrected chi connectivity index (χ4v) is 4.11. The molecular formula is C19H20F18N2O3S. The van der Waals surface area contributed by atoms with E-state index in [0.29, 0.717) is 0 Å². The first kappa shape index (κ1) is 41.0. The third-order valence-corrected chi connectivity index (χ3v) is 6.81. The van der Waals surface area contributed by atoms with Crippen LogP contribution in [0.5, 0.6) is 0 Å². The van der Waals surface area contributed by atoms with Gasteiger partial charge in [-0.1, -0.05) is 0 Å². The third kappa shape index (κ3) is 7.45. The molecule has 0 rings (SSSR count). The molecule has 0 bridgehead atoms. The summed E-state index contributed by atoms with van der Waals surface area (Å²) in [7, 11) is 3.05. The molecule has 2 unspecified atom stereocenters. The van der Waals surface area contributed by atoms with E-state index in [4.69, 9.17) is 5.11 Å². The van der Waals surface area contributed by atoms with Crippen LogP contribution in [0, 0.1) is 0 Å². The Morgan fingerprint density at radius 3 is 1.47 bits per heavy atom. The Hall–Kier alpha value is -2.01. The predicted octanol–water partition coefficient (Wildman–Crippen LogP) is 5.98. The van der Waals surface area contributed by atoms with E-state index in [1.165, 1.54) is 19.0 Å². The summed E-state index contributed by atoms with van der Waals surface area (Å²) in [4.78, 5) is 24.6. The van der Waals surface area contributed by atoms with Crippen LogP contribution >= 0.6 is 11.8 Å². The molecule has 0 aromatic heterocycles. The van der Waals surface area contributed by atoms with Crippen LogP contribution in [0.2, 0.25) is 0 Å². The van der Waals surface area contributed by atoms with Gasteiger partial charge in [-0.15, -0.1) is 11.8 Å². The number of nitrogens with zero attached hydrogens (tertiary/aromatic N) is 1. The van der Waals surface area contributed by atoms with E-state index in [0.717, 1.165) is 0 Å². The van der Waals surface area contributed by atoms with E-state index >= 15 is 0 Å². The fraction of sp³-hybridized carbons (Fsp3) is 0.895. The highest BCUT2D eigenvalue weighted by atomic mass is 32.2. The van der Waals surface area contributed by atoms with Crippen LogP contribution in [0.1, 0.15) is 12.8 Å². The maximum Gasteiger partial charge on any atom is 0.460 e. The van der Waals surface area contributed by atoms with E-state index in [9.17, 15) is 88.6 Å². The van der Waals surface area contributed by atoms with Gasteiger partial charge < -0.3 is 15.3 Å². The molecule has 0 heterocycles. The summed E-state index contributed by atoms with van der Waals surface area (Å²) >= 11 is -1.22. The summed E-state index contributed by atoms with van der Waals surface area (Å²) < 4.78 is 243. The molecule has 0 saturated carbocycles. The number of carbonyl (C=O) groups is 2. The van der Waals surface area contributed by atoms with Crippen molar-refractivity contribution in [1.82, 2.24) is 10.2 Å². The molecule has 2 atom stereocenters. The zero-order valence-corrected chi connectivity index (χ0v) is 21.9. The van der Waals surface area contributed by atoms with Gasteiger partial charge in [0.15, 0.2) is 0 Å². The molecule has 0 aromatic rings. The number of thioether (sulfide) groups is 1. The van der Waals surface area contributed by atoms with Crippen molar-refractivity contribution in [2.45, 2.75) is 71.0 Å². The number of carbonyl (C=O) groups excluding carboxylic acids is 1. The largest absolute Gasteiger partial charge is 0.481 e. The van der Waals surface area contributed by atoms with E-state index in [1.54, 1.807) is 0 Å². The molecule has 5 nitrogen and oxygen atoms in total. The molecule has 43 heavy (non-hydrogen) atoms. The van der Waals surface area contributed by atoms with Crippen molar-refractivity contribution < 1.29 is 93.7 Å². The maximum atomic E-state index is 14.5. The Labute approximate surface area is 233 Å². The van der Waals surface area contributed by atoms with Gasteiger partial charge in [0, 0.05) is 6.54 Å². The van der Waals surface area contributed by atoms with Crippen molar-refractivity contribution in [2.75, 3.05) is 33.9 Å². The van der Waals surface area contributed by atoms with Crippen molar-refractivity contribution in [1.29, 1.82) is 0 Å². The first-order valence-corrected chi connectivity index (χ1v) is 11.8. The number of carboxylic acid groups (broad SMARTS) is 1. The molecule has 0 aliphatic rings. The molecule has 0 fully saturated rings. The second-order valence-corrected chi connectivity index (χ2v) is 10.3. The lowest BCUT2D eigenvalue weighted by Crippen LogP contribution is -2.75.